The molecule has 5 aromatic rings. The average molecular weight is 490 g/mol. The molecule has 0 bridgehead atoms. The average Bonchev–Trinajstić information content (AvgIpc) is 3.46. The summed E-state index contributed by atoms with van der Waals surface area (Å²) in [6, 6.07) is 14.0. The van der Waals surface area contributed by atoms with Gasteiger partial charge in [-0.2, -0.15) is 14.9 Å². The number of benzene rings is 2. The number of nitrogens with zero attached hydrogens (tertiary/aromatic N) is 6. The van der Waals surface area contributed by atoms with Crippen molar-refractivity contribution >= 4 is 34.4 Å². The van der Waals surface area contributed by atoms with E-state index in [1.807, 2.05) is 19.1 Å². The van der Waals surface area contributed by atoms with Crippen LogP contribution in [0.1, 0.15) is 16.1 Å². The van der Waals surface area contributed by atoms with Gasteiger partial charge in [0, 0.05) is 16.7 Å². The van der Waals surface area contributed by atoms with Crippen molar-refractivity contribution in [2.24, 2.45) is 0 Å². The van der Waals surface area contributed by atoms with E-state index >= 15 is 0 Å². The largest absolute Gasteiger partial charge is 0.493 e. The highest BCUT2D eigenvalue weighted by molar-refractivity contribution is 6.30. The summed E-state index contributed by atoms with van der Waals surface area (Å²) in [6.07, 6.45) is 3.08. The van der Waals surface area contributed by atoms with Gasteiger partial charge in [0.2, 0.25) is 0 Å². The van der Waals surface area contributed by atoms with E-state index in [9.17, 15) is 4.79 Å². The van der Waals surface area contributed by atoms with Gasteiger partial charge in [-0.05, 0) is 43.3 Å². The number of hydrogen-bond donors (Lipinski definition) is 1. The molecule has 0 radical (unpaired) electrons. The van der Waals surface area contributed by atoms with E-state index in [0.717, 1.165) is 5.69 Å². The van der Waals surface area contributed by atoms with Crippen LogP contribution in [-0.2, 0) is 0 Å². The first kappa shape index (κ1) is 22.4. The molecule has 3 aromatic heterocycles. The number of ether oxygens (including phenoxy) is 2. The Morgan fingerprint density at radius 3 is 2.60 bits per heavy atom. The van der Waals surface area contributed by atoms with Crippen LogP contribution in [0.15, 0.2) is 61.1 Å². The van der Waals surface area contributed by atoms with E-state index in [0.29, 0.717) is 50.4 Å². The van der Waals surface area contributed by atoms with Gasteiger partial charge < -0.3 is 14.8 Å². The second-order valence-corrected chi connectivity index (χ2v) is 8.01. The maximum Gasteiger partial charge on any atom is 0.256 e. The first-order valence-corrected chi connectivity index (χ1v) is 10.9. The molecule has 0 atom stereocenters. The fourth-order valence-electron chi connectivity index (χ4n) is 3.71. The Morgan fingerprint density at radius 2 is 1.83 bits per heavy atom. The molecule has 1 amide bonds. The van der Waals surface area contributed by atoms with E-state index in [4.69, 9.17) is 21.1 Å². The van der Waals surface area contributed by atoms with E-state index < -0.39 is 0 Å². The van der Waals surface area contributed by atoms with Gasteiger partial charge in [0.05, 0.1) is 37.2 Å². The smallest absolute Gasteiger partial charge is 0.256 e. The second kappa shape index (κ2) is 9.07. The lowest BCUT2D eigenvalue weighted by Gasteiger charge is -2.11. The number of methoxy groups -OCH3 is 2. The quantitative estimate of drug-likeness (QED) is 0.380. The van der Waals surface area contributed by atoms with Crippen LogP contribution in [0.5, 0.6) is 11.5 Å². The molecule has 3 heterocycles. The van der Waals surface area contributed by atoms with Crippen LogP contribution in [0.4, 0.5) is 5.82 Å². The Hall–Kier alpha value is -4.44. The third-order valence-corrected chi connectivity index (χ3v) is 5.55. The molecule has 10 nitrogen and oxygen atoms in total. The lowest BCUT2D eigenvalue weighted by atomic mass is 10.2. The molecular weight excluding hydrogens is 470 g/mol. The molecular formula is C24H20ClN7O3. The number of fused-ring (bicyclic) bond motifs is 1. The summed E-state index contributed by atoms with van der Waals surface area (Å²) in [5, 5.41) is 13.2. The maximum absolute atomic E-state index is 13.0. The predicted octanol–water partition coefficient (Wildman–Crippen LogP) is 4.23. The highest BCUT2D eigenvalue weighted by atomic mass is 35.5. The summed E-state index contributed by atoms with van der Waals surface area (Å²) in [5.74, 6) is 1.56. The highest BCUT2D eigenvalue weighted by Gasteiger charge is 2.19. The minimum Gasteiger partial charge on any atom is -0.493 e. The molecule has 176 valence electrons. The predicted molar refractivity (Wildman–Crippen MR) is 131 cm³/mol. The number of aromatic nitrogens is 6. The van der Waals surface area contributed by atoms with E-state index in [-0.39, 0.29) is 5.91 Å². The molecule has 11 heteroatoms. The monoisotopic (exact) mass is 489 g/mol. The number of anilines is 1. The normalized spacial score (nSPS) is 11.0. The fourth-order valence-corrected chi connectivity index (χ4v) is 3.90. The van der Waals surface area contributed by atoms with Crippen molar-refractivity contribution in [1.82, 2.24) is 29.5 Å². The first-order valence-electron chi connectivity index (χ1n) is 10.5. The van der Waals surface area contributed by atoms with Gasteiger partial charge in [-0.3, -0.25) is 4.79 Å². The Morgan fingerprint density at radius 1 is 1.00 bits per heavy atom. The molecule has 0 spiro atoms. The molecule has 0 fully saturated rings. The number of rotatable bonds is 6. The van der Waals surface area contributed by atoms with Crippen LogP contribution in [0, 0.1) is 6.92 Å². The third kappa shape index (κ3) is 4.15. The van der Waals surface area contributed by atoms with E-state index in [1.165, 1.54) is 20.5 Å². The topological polar surface area (TPSA) is 109 Å². The molecule has 35 heavy (non-hydrogen) atoms. The number of carbonyl (C=O) groups excluding carboxylic acids is 1. The van der Waals surface area contributed by atoms with Crippen LogP contribution in [0.3, 0.4) is 0 Å². The summed E-state index contributed by atoms with van der Waals surface area (Å²) in [5.41, 5.74) is 2.43. The molecule has 0 unspecified atom stereocenters. The summed E-state index contributed by atoms with van der Waals surface area (Å²) in [4.78, 5) is 21.9. The lowest BCUT2D eigenvalue weighted by molar-refractivity contribution is 0.102. The molecule has 0 aliphatic carbocycles. The standard InChI is InChI=1S/C24H20ClN7O3/c1-14-9-21(29-24(33)15-7-8-19(34-2)20(10-15)35-3)32(30-14)23-18-12-28-31(22(18)26-13-27-23)17-6-4-5-16(25)11-17/h4-13H,1-3H3,(H,29,33). The number of aryl methyl sites for hydroxylation is 1. The van der Waals surface area contributed by atoms with Gasteiger partial charge in [-0.1, -0.05) is 17.7 Å². The lowest BCUT2D eigenvalue weighted by Crippen LogP contribution is -2.16. The summed E-state index contributed by atoms with van der Waals surface area (Å²) < 4.78 is 13.8. The number of halogens is 1. The maximum atomic E-state index is 13.0. The van der Waals surface area contributed by atoms with Crippen molar-refractivity contribution in [2.45, 2.75) is 6.92 Å². The second-order valence-electron chi connectivity index (χ2n) is 7.58. The van der Waals surface area contributed by atoms with Crippen LogP contribution >= 0.6 is 11.6 Å². The molecule has 0 saturated carbocycles. The molecule has 0 aliphatic rings. The first-order chi connectivity index (χ1) is 17.0. The van der Waals surface area contributed by atoms with Crippen molar-refractivity contribution in [3.63, 3.8) is 0 Å². The Bertz CT molecular complexity index is 1560. The number of hydrogen-bond acceptors (Lipinski definition) is 7. The minimum absolute atomic E-state index is 0.341. The van der Waals surface area contributed by atoms with Gasteiger partial charge >= 0.3 is 0 Å². The van der Waals surface area contributed by atoms with Crippen molar-refractivity contribution in [3.05, 3.63) is 77.3 Å². The third-order valence-electron chi connectivity index (χ3n) is 5.32. The van der Waals surface area contributed by atoms with Crippen LogP contribution in [-0.4, -0.2) is 49.7 Å². The minimum atomic E-state index is -0.341. The summed E-state index contributed by atoms with van der Waals surface area (Å²) in [6.45, 7) is 1.83. The Kier molecular flexibility index (Phi) is 5.79. The van der Waals surface area contributed by atoms with Crippen molar-refractivity contribution in [3.8, 4) is 23.0 Å². The van der Waals surface area contributed by atoms with Gasteiger partial charge in [-0.25, -0.2) is 14.6 Å². The van der Waals surface area contributed by atoms with Crippen molar-refractivity contribution in [1.29, 1.82) is 0 Å². The Balaban J connectivity index is 1.53. The summed E-state index contributed by atoms with van der Waals surface area (Å²) in [7, 11) is 3.05. The molecule has 2 aromatic carbocycles. The number of nitrogens with one attached hydrogen (secondary N) is 1. The van der Waals surface area contributed by atoms with Gasteiger partial charge in [-0.15, -0.1) is 0 Å². The SMILES string of the molecule is COc1ccc(C(=O)Nc2cc(C)nn2-c2ncnc3c2cnn3-c2cccc(Cl)c2)cc1OC. The zero-order valence-corrected chi connectivity index (χ0v) is 19.8. The zero-order chi connectivity index (χ0) is 24.5. The van der Waals surface area contributed by atoms with Crippen LogP contribution < -0.4 is 14.8 Å². The van der Waals surface area contributed by atoms with Crippen LogP contribution in [0.2, 0.25) is 5.02 Å². The molecule has 0 aliphatic heterocycles. The number of carbonyl (C=O) groups is 1. The zero-order valence-electron chi connectivity index (χ0n) is 19.1. The summed E-state index contributed by atoms with van der Waals surface area (Å²) >= 11 is 6.16. The molecule has 1 N–H and O–H groups in total. The number of amides is 1. The molecule has 5 rings (SSSR count). The Labute approximate surface area is 205 Å². The van der Waals surface area contributed by atoms with Crippen molar-refractivity contribution < 1.29 is 14.3 Å². The molecule has 0 saturated heterocycles. The van der Waals surface area contributed by atoms with E-state index in [1.54, 1.807) is 52.0 Å². The van der Waals surface area contributed by atoms with Gasteiger partial charge in [0.25, 0.3) is 5.91 Å². The van der Waals surface area contributed by atoms with Gasteiger partial charge in [0.1, 0.15) is 12.1 Å². The van der Waals surface area contributed by atoms with Crippen LogP contribution in [0.25, 0.3) is 22.5 Å². The highest BCUT2D eigenvalue weighted by Crippen LogP contribution is 2.29. The van der Waals surface area contributed by atoms with Crippen molar-refractivity contribution in [2.75, 3.05) is 19.5 Å². The van der Waals surface area contributed by atoms with Gasteiger partial charge in [0.15, 0.2) is 23.0 Å². The van der Waals surface area contributed by atoms with E-state index in [2.05, 4.69) is 25.5 Å². The fraction of sp³-hybridized carbons (Fsp3) is 0.125.